The third kappa shape index (κ3) is 6.61. The van der Waals surface area contributed by atoms with Crippen molar-refractivity contribution in [3.05, 3.63) is 68.5 Å². The smallest absolute Gasteiger partial charge is 0.349 e. The fourth-order valence-electron chi connectivity index (χ4n) is 3.53. The summed E-state index contributed by atoms with van der Waals surface area (Å²) in [6, 6.07) is 9.83. The number of hydrogen-bond donors (Lipinski definition) is 0. The van der Waals surface area contributed by atoms with Crippen LogP contribution in [0.1, 0.15) is 68.8 Å². The number of halogens is 3. The van der Waals surface area contributed by atoms with Crippen LogP contribution in [-0.2, 0) is 16.0 Å². The zero-order valence-electron chi connectivity index (χ0n) is 20.8. The number of Topliss-reactive ketones (excluding diaryl/α,β-unsaturated/α-hetero) is 1. The van der Waals surface area contributed by atoms with Gasteiger partial charge in [-0.05, 0) is 57.2 Å². The van der Waals surface area contributed by atoms with Gasteiger partial charge in [-0.1, -0.05) is 48.7 Å². The van der Waals surface area contributed by atoms with Crippen LogP contribution in [0.2, 0.25) is 15.1 Å². The van der Waals surface area contributed by atoms with Gasteiger partial charge in [0.05, 0.1) is 27.9 Å². The fourth-order valence-corrected chi connectivity index (χ4v) is 4.24. The molecule has 0 fully saturated rings. The molecule has 192 valence electrons. The highest BCUT2D eigenvalue weighted by Gasteiger charge is 2.32. The van der Waals surface area contributed by atoms with E-state index in [0.717, 1.165) is 0 Å². The number of ether oxygens (including phenoxy) is 2. The van der Waals surface area contributed by atoms with Gasteiger partial charge in [-0.15, -0.1) is 0 Å². The predicted octanol–water partition coefficient (Wildman–Crippen LogP) is 7.96. The molecule has 1 heterocycles. The molecule has 0 aliphatic carbocycles. The first-order chi connectivity index (χ1) is 16.9. The number of nitrogens with zero attached hydrogens (tertiary/aromatic N) is 1. The lowest BCUT2D eigenvalue weighted by atomic mass is 10.0. The molecular formula is C27H28Cl3NO5. The molecule has 1 aromatic heterocycles. The summed E-state index contributed by atoms with van der Waals surface area (Å²) in [4.78, 5) is 29.7. The predicted molar refractivity (Wildman–Crippen MR) is 141 cm³/mol. The summed E-state index contributed by atoms with van der Waals surface area (Å²) in [5.74, 6) is 0.819. The maximum atomic E-state index is 12.9. The van der Waals surface area contributed by atoms with Crippen LogP contribution in [0.3, 0.4) is 0 Å². The SMILES string of the molecule is CCOC(=O)C(C)(C)Oc1ccc(C(=O)CCc2nc(-c3ccc(Cl)cc3Cl)oc2C(C)C)cc1Cl. The van der Waals surface area contributed by atoms with Gasteiger partial charge >= 0.3 is 5.97 Å². The van der Waals surface area contributed by atoms with Crippen molar-refractivity contribution in [3.8, 4) is 17.2 Å². The molecule has 3 rings (SSSR count). The summed E-state index contributed by atoms with van der Waals surface area (Å²) in [6.45, 7) is 9.14. The molecule has 0 aliphatic rings. The summed E-state index contributed by atoms with van der Waals surface area (Å²) in [6.07, 6.45) is 0.581. The molecule has 0 N–H and O–H groups in total. The van der Waals surface area contributed by atoms with Crippen LogP contribution in [0.25, 0.3) is 11.5 Å². The molecule has 9 heteroatoms. The molecule has 0 radical (unpaired) electrons. The van der Waals surface area contributed by atoms with E-state index in [-0.39, 0.29) is 35.5 Å². The van der Waals surface area contributed by atoms with Gasteiger partial charge in [0.25, 0.3) is 0 Å². The van der Waals surface area contributed by atoms with E-state index < -0.39 is 11.6 Å². The number of ketones is 1. The van der Waals surface area contributed by atoms with E-state index in [4.69, 9.17) is 48.7 Å². The van der Waals surface area contributed by atoms with Gasteiger partial charge < -0.3 is 13.9 Å². The van der Waals surface area contributed by atoms with Gasteiger partial charge in [0.2, 0.25) is 5.89 Å². The van der Waals surface area contributed by atoms with Crippen molar-refractivity contribution >= 4 is 46.6 Å². The van der Waals surface area contributed by atoms with E-state index in [0.29, 0.717) is 44.9 Å². The van der Waals surface area contributed by atoms with Crippen LogP contribution in [0, 0.1) is 0 Å². The molecule has 0 aliphatic heterocycles. The van der Waals surface area contributed by atoms with E-state index in [9.17, 15) is 9.59 Å². The number of carbonyl (C=O) groups excluding carboxylic acids is 2. The Kier molecular flexibility index (Phi) is 9.09. The van der Waals surface area contributed by atoms with E-state index in [1.807, 2.05) is 13.8 Å². The molecule has 0 atom stereocenters. The van der Waals surface area contributed by atoms with Gasteiger partial charge in [0.1, 0.15) is 11.5 Å². The Balaban J connectivity index is 1.75. The average Bonchev–Trinajstić information content (AvgIpc) is 3.23. The largest absolute Gasteiger partial charge is 0.475 e. The molecule has 36 heavy (non-hydrogen) atoms. The van der Waals surface area contributed by atoms with Gasteiger partial charge in [-0.2, -0.15) is 0 Å². The summed E-state index contributed by atoms with van der Waals surface area (Å²) in [7, 11) is 0. The van der Waals surface area contributed by atoms with Crippen molar-refractivity contribution in [2.24, 2.45) is 0 Å². The second kappa shape index (κ2) is 11.7. The standard InChI is InChI=1S/C27H28Cl3NO5/c1-6-34-26(33)27(4,5)36-23-12-7-16(13-20(23)30)22(32)11-10-21-24(15(2)3)35-25(31-21)18-9-8-17(28)14-19(18)29/h7-9,12-15H,6,10-11H2,1-5H3. The molecule has 0 unspecified atom stereocenters. The van der Waals surface area contributed by atoms with Gasteiger partial charge in [0.15, 0.2) is 11.4 Å². The highest BCUT2D eigenvalue weighted by Crippen LogP contribution is 2.34. The molecular weight excluding hydrogens is 525 g/mol. The Morgan fingerprint density at radius 1 is 1.06 bits per heavy atom. The Morgan fingerprint density at radius 2 is 1.78 bits per heavy atom. The van der Waals surface area contributed by atoms with Crippen LogP contribution in [-0.4, -0.2) is 28.9 Å². The summed E-state index contributed by atoms with van der Waals surface area (Å²) in [5.41, 5.74) is 0.530. The first-order valence-corrected chi connectivity index (χ1v) is 12.7. The number of aromatic nitrogens is 1. The zero-order valence-corrected chi connectivity index (χ0v) is 23.1. The van der Waals surface area contributed by atoms with Crippen LogP contribution in [0.4, 0.5) is 0 Å². The van der Waals surface area contributed by atoms with Gasteiger partial charge in [-0.25, -0.2) is 9.78 Å². The first-order valence-electron chi connectivity index (χ1n) is 11.6. The molecule has 0 spiro atoms. The number of benzene rings is 2. The second-order valence-corrected chi connectivity index (χ2v) is 10.3. The van der Waals surface area contributed by atoms with E-state index in [1.54, 1.807) is 51.1 Å². The van der Waals surface area contributed by atoms with Crippen LogP contribution in [0.15, 0.2) is 40.8 Å². The average molecular weight is 553 g/mol. The summed E-state index contributed by atoms with van der Waals surface area (Å²) < 4.78 is 16.8. The van der Waals surface area contributed by atoms with E-state index in [2.05, 4.69) is 4.98 Å². The van der Waals surface area contributed by atoms with Crippen molar-refractivity contribution in [2.45, 2.75) is 59.0 Å². The molecule has 0 bridgehead atoms. The van der Waals surface area contributed by atoms with Gasteiger partial charge in [-0.3, -0.25) is 4.79 Å². The number of hydrogen-bond acceptors (Lipinski definition) is 6. The Hall–Kier alpha value is -2.54. The Bertz CT molecular complexity index is 1270. The maximum Gasteiger partial charge on any atom is 0.349 e. The van der Waals surface area contributed by atoms with Crippen molar-refractivity contribution in [3.63, 3.8) is 0 Å². The molecule has 0 amide bonds. The quantitative estimate of drug-likeness (QED) is 0.187. The Morgan fingerprint density at radius 3 is 2.39 bits per heavy atom. The number of aryl methyl sites for hydroxylation is 1. The maximum absolute atomic E-state index is 12.9. The number of esters is 1. The lowest BCUT2D eigenvalue weighted by Gasteiger charge is -2.24. The third-order valence-corrected chi connectivity index (χ3v) is 6.23. The van der Waals surface area contributed by atoms with Crippen molar-refractivity contribution in [1.82, 2.24) is 4.98 Å². The summed E-state index contributed by atoms with van der Waals surface area (Å²) in [5, 5.41) is 1.18. The monoisotopic (exact) mass is 551 g/mol. The second-order valence-electron chi connectivity index (χ2n) is 9.01. The van der Waals surface area contributed by atoms with Crippen LogP contribution >= 0.6 is 34.8 Å². The minimum atomic E-state index is -1.23. The molecule has 3 aromatic rings. The van der Waals surface area contributed by atoms with E-state index >= 15 is 0 Å². The first kappa shape index (κ1) is 28.0. The third-order valence-electron chi connectivity index (χ3n) is 5.39. The Labute approximate surface area is 225 Å². The highest BCUT2D eigenvalue weighted by atomic mass is 35.5. The van der Waals surface area contributed by atoms with Crippen LogP contribution in [0.5, 0.6) is 5.75 Å². The zero-order chi connectivity index (χ0) is 26.6. The highest BCUT2D eigenvalue weighted by molar-refractivity contribution is 6.36. The molecule has 0 saturated carbocycles. The topological polar surface area (TPSA) is 78.6 Å². The summed E-state index contributed by atoms with van der Waals surface area (Å²) >= 11 is 18.7. The number of carbonyl (C=O) groups is 2. The molecule has 0 saturated heterocycles. The van der Waals surface area contributed by atoms with Gasteiger partial charge in [0, 0.05) is 29.3 Å². The minimum absolute atomic E-state index is 0.0658. The van der Waals surface area contributed by atoms with Crippen molar-refractivity contribution in [1.29, 1.82) is 0 Å². The molecule has 6 nitrogen and oxygen atoms in total. The lowest BCUT2D eigenvalue weighted by molar-refractivity contribution is -0.158. The minimum Gasteiger partial charge on any atom is -0.475 e. The van der Waals surface area contributed by atoms with E-state index in [1.165, 1.54) is 6.07 Å². The fraction of sp³-hybridized carbons (Fsp3) is 0.370. The van der Waals surface area contributed by atoms with Crippen LogP contribution < -0.4 is 4.74 Å². The number of oxazole rings is 1. The lowest BCUT2D eigenvalue weighted by Crippen LogP contribution is -2.39. The number of rotatable bonds is 10. The molecule has 2 aromatic carbocycles. The van der Waals surface area contributed by atoms with Crippen molar-refractivity contribution < 1.29 is 23.5 Å². The van der Waals surface area contributed by atoms with Crippen molar-refractivity contribution in [2.75, 3.05) is 6.61 Å². The normalized spacial score (nSPS) is 11.6.